The Labute approximate surface area is 131 Å². The molecule has 1 aromatic carbocycles. The van der Waals surface area contributed by atoms with E-state index >= 15 is 0 Å². The fourth-order valence-electron chi connectivity index (χ4n) is 1.93. The lowest BCUT2D eigenvalue weighted by Crippen LogP contribution is -2.32. The molecule has 0 unspecified atom stereocenters. The second-order valence-corrected chi connectivity index (χ2v) is 5.58. The van der Waals surface area contributed by atoms with Gasteiger partial charge in [0, 0.05) is 0 Å². The van der Waals surface area contributed by atoms with Crippen LogP contribution in [0.5, 0.6) is 5.75 Å². The van der Waals surface area contributed by atoms with Crippen molar-refractivity contribution >= 4 is 11.9 Å². The van der Waals surface area contributed by atoms with E-state index in [1.807, 2.05) is 12.1 Å². The molecule has 1 aromatic rings. The van der Waals surface area contributed by atoms with Crippen LogP contribution in [0.4, 0.5) is 0 Å². The third kappa shape index (κ3) is 5.76. The van der Waals surface area contributed by atoms with Crippen molar-refractivity contribution in [3.8, 4) is 5.75 Å². The van der Waals surface area contributed by atoms with Gasteiger partial charge in [0.2, 0.25) is 0 Å². The van der Waals surface area contributed by atoms with Crippen LogP contribution in [-0.4, -0.2) is 31.3 Å². The molecule has 0 aliphatic carbocycles. The van der Waals surface area contributed by atoms with E-state index in [2.05, 4.69) is 0 Å². The summed E-state index contributed by atoms with van der Waals surface area (Å²) in [4.78, 5) is 24.4. The molecule has 1 rings (SSSR count). The highest BCUT2D eigenvalue weighted by atomic mass is 16.6. The molecule has 5 nitrogen and oxygen atoms in total. The third-order valence-electron chi connectivity index (χ3n) is 2.85. The van der Waals surface area contributed by atoms with E-state index in [9.17, 15) is 9.59 Å². The van der Waals surface area contributed by atoms with E-state index in [1.54, 1.807) is 46.9 Å². The Hall–Kier alpha value is -2.04. The molecule has 0 aromatic heterocycles. The first-order valence-corrected chi connectivity index (χ1v) is 7.37. The predicted molar refractivity (Wildman–Crippen MR) is 82.6 cm³/mol. The van der Waals surface area contributed by atoms with Gasteiger partial charge in [-0.05, 0) is 51.8 Å². The van der Waals surface area contributed by atoms with Crippen molar-refractivity contribution in [2.45, 2.75) is 46.3 Å². The summed E-state index contributed by atoms with van der Waals surface area (Å²) in [6.07, 6.45) is -0.354. The number of carbonyl (C=O) groups is 2. The van der Waals surface area contributed by atoms with E-state index in [4.69, 9.17) is 14.2 Å². The molecular formula is C17H24O5. The van der Waals surface area contributed by atoms with E-state index in [-0.39, 0.29) is 18.6 Å². The number of carbonyl (C=O) groups excluding carboxylic acids is 2. The Kier molecular flexibility index (Phi) is 6.89. The quantitative estimate of drug-likeness (QED) is 0.572. The molecule has 0 aliphatic rings. The molecule has 22 heavy (non-hydrogen) atoms. The molecule has 0 aliphatic heterocycles. The minimum atomic E-state index is -0.975. The predicted octanol–water partition coefficient (Wildman–Crippen LogP) is 2.76. The Morgan fingerprint density at radius 2 is 1.55 bits per heavy atom. The molecule has 0 heterocycles. The number of methoxy groups -OCH3 is 1. The van der Waals surface area contributed by atoms with Crippen LogP contribution in [0.15, 0.2) is 24.3 Å². The molecule has 5 heteroatoms. The fourth-order valence-corrected chi connectivity index (χ4v) is 1.93. The number of benzene rings is 1. The molecule has 0 atom stereocenters. The molecule has 0 amide bonds. The van der Waals surface area contributed by atoms with Crippen LogP contribution in [-0.2, 0) is 25.5 Å². The van der Waals surface area contributed by atoms with Gasteiger partial charge in [-0.2, -0.15) is 0 Å². The van der Waals surface area contributed by atoms with Gasteiger partial charge in [0.05, 0.1) is 19.3 Å². The Balaban J connectivity index is 2.93. The lowest BCUT2D eigenvalue weighted by Gasteiger charge is -2.18. The normalized spacial score (nSPS) is 10.9. The Morgan fingerprint density at radius 3 is 2.00 bits per heavy atom. The van der Waals surface area contributed by atoms with Gasteiger partial charge in [-0.25, -0.2) is 0 Å². The van der Waals surface area contributed by atoms with Crippen LogP contribution >= 0.6 is 0 Å². The molecule has 0 fully saturated rings. The van der Waals surface area contributed by atoms with Crippen molar-refractivity contribution < 1.29 is 23.8 Å². The summed E-state index contributed by atoms with van der Waals surface area (Å²) in [6.45, 7) is 6.98. The van der Waals surface area contributed by atoms with Gasteiger partial charge in [-0.1, -0.05) is 12.1 Å². The SMILES string of the molecule is COc1cccc(CC(C(=O)OC(C)C)C(=O)OC(C)C)c1. The van der Waals surface area contributed by atoms with Crippen LogP contribution in [0.1, 0.15) is 33.3 Å². The second-order valence-electron chi connectivity index (χ2n) is 5.58. The van der Waals surface area contributed by atoms with Crippen molar-refractivity contribution in [3.05, 3.63) is 29.8 Å². The monoisotopic (exact) mass is 308 g/mol. The summed E-state index contributed by atoms with van der Waals surface area (Å²) >= 11 is 0. The number of rotatable bonds is 7. The minimum Gasteiger partial charge on any atom is -0.497 e. The van der Waals surface area contributed by atoms with Gasteiger partial charge in [-0.15, -0.1) is 0 Å². The number of ether oxygens (including phenoxy) is 3. The smallest absolute Gasteiger partial charge is 0.320 e. The first-order chi connectivity index (χ1) is 10.3. The summed E-state index contributed by atoms with van der Waals surface area (Å²) < 4.78 is 15.5. The van der Waals surface area contributed by atoms with Gasteiger partial charge in [0.15, 0.2) is 5.92 Å². The molecule has 0 N–H and O–H groups in total. The minimum absolute atomic E-state index is 0.217. The molecule has 122 valence electrons. The molecule has 0 saturated heterocycles. The first-order valence-electron chi connectivity index (χ1n) is 7.37. The van der Waals surface area contributed by atoms with E-state index < -0.39 is 17.9 Å². The summed E-state index contributed by atoms with van der Waals surface area (Å²) in [6, 6.07) is 7.24. The van der Waals surface area contributed by atoms with E-state index in [0.717, 1.165) is 5.56 Å². The zero-order valence-electron chi connectivity index (χ0n) is 13.8. The number of esters is 2. The van der Waals surface area contributed by atoms with Crippen LogP contribution in [0.3, 0.4) is 0 Å². The molecule has 0 spiro atoms. The highest BCUT2D eigenvalue weighted by Crippen LogP contribution is 2.19. The van der Waals surface area contributed by atoms with E-state index in [0.29, 0.717) is 5.75 Å². The van der Waals surface area contributed by atoms with Crippen molar-refractivity contribution in [3.63, 3.8) is 0 Å². The Morgan fingerprint density at radius 1 is 1.00 bits per heavy atom. The maximum atomic E-state index is 12.2. The number of hydrogen-bond donors (Lipinski definition) is 0. The topological polar surface area (TPSA) is 61.8 Å². The summed E-state index contributed by atoms with van der Waals surface area (Å²) in [7, 11) is 1.57. The third-order valence-corrected chi connectivity index (χ3v) is 2.85. The molecule has 0 saturated carbocycles. The maximum Gasteiger partial charge on any atom is 0.320 e. The standard InChI is InChI=1S/C17H24O5/c1-11(2)21-16(18)15(17(19)22-12(3)4)10-13-7-6-8-14(9-13)20-5/h6-9,11-12,15H,10H2,1-5H3. The van der Waals surface area contributed by atoms with Gasteiger partial charge in [0.1, 0.15) is 5.75 Å². The van der Waals surface area contributed by atoms with Crippen molar-refractivity contribution in [1.29, 1.82) is 0 Å². The highest BCUT2D eigenvalue weighted by Gasteiger charge is 2.31. The van der Waals surface area contributed by atoms with Crippen molar-refractivity contribution in [2.75, 3.05) is 7.11 Å². The Bertz CT molecular complexity index is 486. The van der Waals surface area contributed by atoms with Crippen molar-refractivity contribution in [1.82, 2.24) is 0 Å². The fraction of sp³-hybridized carbons (Fsp3) is 0.529. The summed E-state index contributed by atoms with van der Waals surface area (Å²) in [5.74, 6) is -1.44. The van der Waals surface area contributed by atoms with E-state index in [1.165, 1.54) is 0 Å². The lowest BCUT2D eigenvalue weighted by atomic mass is 9.99. The average molecular weight is 308 g/mol. The lowest BCUT2D eigenvalue weighted by molar-refractivity contribution is -0.166. The zero-order valence-corrected chi connectivity index (χ0v) is 13.8. The van der Waals surface area contributed by atoms with Gasteiger partial charge >= 0.3 is 11.9 Å². The van der Waals surface area contributed by atoms with Crippen LogP contribution < -0.4 is 4.74 Å². The zero-order chi connectivity index (χ0) is 16.7. The molecule has 0 radical (unpaired) electrons. The van der Waals surface area contributed by atoms with Crippen molar-refractivity contribution in [2.24, 2.45) is 5.92 Å². The second kappa shape index (κ2) is 8.41. The van der Waals surface area contributed by atoms with Gasteiger partial charge < -0.3 is 14.2 Å². The molecule has 0 bridgehead atoms. The summed E-state index contributed by atoms with van der Waals surface area (Å²) in [5.41, 5.74) is 0.811. The highest BCUT2D eigenvalue weighted by molar-refractivity contribution is 5.95. The molecular weight excluding hydrogens is 284 g/mol. The average Bonchev–Trinajstić information content (AvgIpc) is 2.43. The van der Waals surface area contributed by atoms with Crippen LogP contribution in [0, 0.1) is 5.92 Å². The van der Waals surface area contributed by atoms with Crippen LogP contribution in [0.2, 0.25) is 0 Å². The number of hydrogen-bond acceptors (Lipinski definition) is 5. The van der Waals surface area contributed by atoms with Crippen LogP contribution in [0.25, 0.3) is 0 Å². The first kappa shape index (κ1) is 18.0. The summed E-state index contributed by atoms with van der Waals surface area (Å²) in [5, 5.41) is 0. The maximum absolute atomic E-state index is 12.2. The van der Waals surface area contributed by atoms with Gasteiger partial charge in [0.25, 0.3) is 0 Å². The van der Waals surface area contributed by atoms with Gasteiger partial charge in [-0.3, -0.25) is 9.59 Å². The largest absolute Gasteiger partial charge is 0.497 e.